The smallest absolute Gasteiger partial charge is 0.305 e. The van der Waals surface area contributed by atoms with Gasteiger partial charge in [-0.15, -0.1) is 0 Å². The Bertz CT molecular complexity index is 549. The van der Waals surface area contributed by atoms with Gasteiger partial charge < -0.3 is 9.05 Å². The van der Waals surface area contributed by atoms with Gasteiger partial charge in [0.1, 0.15) is 0 Å². The second kappa shape index (κ2) is 8.63. The molecule has 0 saturated heterocycles. The number of rotatable bonds is 8. The van der Waals surface area contributed by atoms with Crippen molar-refractivity contribution in [2.45, 2.75) is 33.5 Å². The van der Waals surface area contributed by atoms with Crippen LogP contribution < -0.4 is 0 Å². The van der Waals surface area contributed by atoms with Gasteiger partial charge in [-0.3, -0.25) is 4.57 Å². The van der Waals surface area contributed by atoms with E-state index in [1.54, 1.807) is 0 Å². The highest BCUT2D eigenvalue weighted by Gasteiger charge is 2.28. The third-order valence-corrected chi connectivity index (χ3v) is 6.06. The van der Waals surface area contributed by atoms with Crippen LogP contribution >= 0.6 is 7.60 Å². The zero-order valence-electron chi connectivity index (χ0n) is 14.2. The lowest BCUT2D eigenvalue weighted by Gasteiger charge is -2.19. The van der Waals surface area contributed by atoms with Gasteiger partial charge >= 0.3 is 7.60 Å². The van der Waals surface area contributed by atoms with E-state index in [9.17, 15) is 4.57 Å². The molecule has 0 N–H and O–H groups in total. The van der Waals surface area contributed by atoms with Crippen LogP contribution in [0.15, 0.2) is 47.4 Å². The summed E-state index contributed by atoms with van der Waals surface area (Å²) in [5.74, 6) is 0. The summed E-state index contributed by atoms with van der Waals surface area (Å²) in [6.45, 7) is 11.1. The summed E-state index contributed by atoms with van der Waals surface area (Å²) in [4.78, 5) is 0. The average molecular weight is 338 g/mol. The third kappa shape index (κ3) is 6.45. The summed E-state index contributed by atoms with van der Waals surface area (Å²) < 4.78 is 24.1. The molecule has 0 saturated carbocycles. The Morgan fingerprint density at radius 3 is 2.09 bits per heavy atom. The fourth-order valence-electron chi connectivity index (χ4n) is 1.80. The highest BCUT2D eigenvalue weighted by molar-refractivity contribution is 7.59. The number of hydrogen-bond donors (Lipinski definition) is 0. The molecular formula is C17H27O3PSi. The highest BCUT2D eigenvalue weighted by Crippen LogP contribution is 2.57. The predicted octanol–water partition coefficient (Wildman–Crippen LogP) is 5.73. The van der Waals surface area contributed by atoms with Crippen LogP contribution in [-0.4, -0.2) is 21.3 Å². The fourth-order valence-corrected chi connectivity index (χ4v) is 4.24. The number of hydrogen-bond acceptors (Lipinski definition) is 3. The van der Waals surface area contributed by atoms with Crippen molar-refractivity contribution in [3.8, 4) is 0 Å². The van der Waals surface area contributed by atoms with Crippen molar-refractivity contribution in [2.75, 3.05) is 13.2 Å². The molecule has 0 atom stereocenters. The lowest BCUT2D eigenvalue weighted by atomic mass is 10.2. The van der Waals surface area contributed by atoms with E-state index >= 15 is 0 Å². The molecule has 0 radical (unpaired) electrons. The molecule has 122 valence electrons. The summed E-state index contributed by atoms with van der Waals surface area (Å²) in [7, 11) is -4.70. The van der Waals surface area contributed by atoms with Gasteiger partial charge in [-0.05, 0) is 25.5 Å². The van der Waals surface area contributed by atoms with Crippen LogP contribution in [0.1, 0.15) is 19.4 Å². The van der Waals surface area contributed by atoms with E-state index in [4.69, 9.17) is 9.05 Å². The fraction of sp³-hybridized carbons (Fsp3) is 0.412. The van der Waals surface area contributed by atoms with Crippen molar-refractivity contribution in [1.29, 1.82) is 0 Å². The molecule has 0 aliphatic heterocycles. The van der Waals surface area contributed by atoms with Crippen molar-refractivity contribution >= 4 is 21.7 Å². The normalized spacial score (nSPS) is 13.8. The van der Waals surface area contributed by atoms with Gasteiger partial charge in [-0.1, -0.05) is 61.7 Å². The Kier molecular flexibility index (Phi) is 7.50. The minimum absolute atomic E-state index is 0.351. The Hall–Kier alpha value is -0.933. The van der Waals surface area contributed by atoms with Gasteiger partial charge in [-0.25, -0.2) is 0 Å². The van der Waals surface area contributed by atoms with Crippen molar-refractivity contribution in [1.82, 2.24) is 0 Å². The molecule has 0 amide bonds. The molecule has 0 aliphatic rings. The minimum Gasteiger partial charge on any atom is -0.305 e. The zero-order chi connectivity index (χ0) is 16.6. The highest BCUT2D eigenvalue weighted by atomic mass is 31.2. The molecule has 1 aromatic carbocycles. The second-order valence-corrected chi connectivity index (χ2v) is 13.1. The minimum atomic E-state index is -3.28. The zero-order valence-corrected chi connectivity index (χ0v) is 16.1. The van der Waals surface area contributed by atoms with E-state index in [-0.39, 0.29) is 0 Å². The van der Waals surface area contributed by atoms with Gasteiger partial charge in [-0.2, -0.15) is 0 Å². The summed E-state index contributed by atoms with van der Waals surface area (Å²) in [5.41, 5.74) is 3.14. The molecule has 0 fully saturated rings. The van der Waals surface area contributed by atoms with Crippen molar-refractivity contribution in [3.05, 3.63) is 53.0 Å². The first-order valence-electron chi connectivity index (χ1n) is 7.66. The number of allylic oxidation sites excluding steroid dienone is 2. The molecule has 3 nitrogen and oxygen atoms in total. The first-order chi connectivity index (χ1) is 10.3. The van der Waals surface area contributed by atoms with Gasteiger partial charge in [0.15, 0.2) is 0 Å². The maximum Gasteiger partial charge on any atom is 0.361 e. The quantitative estimate of drug-likeness (QED) is 0.345. The molecular weight excluding hydrogens is 311 g/mol. The van der Waals surface area contributed by atoms with E-state index in [1.807, 2.05) is 56.3 Å². The maximum atomic E-state index is 13.1. The van der Waals surface area contributed by atoms with Crippen molar-refractivity contribution in [3.63, 3.8) is 0 Å². The molecule has 0 aromatic heterocycles. The summed E-state index contributed by atoms with van der Waals surface area (Å²) in [5, 5.41) is 0.616. The monoisotopic (exact) mass is 338 g/mol. The van der Waals surface area contributed by atoms with Gasteiger partial charge in [0.2, 0.25) is 0 Å². The molecule has 0 bridgehead atoms. The predicted molar refractivity (Wildman–Crippen MR) is 97.8 cm³/mol. The molecule has 0 aliphatic carbocycles. The first-order valence-corrected chi connectivity index (χ1v) is 12.8. The SMILES string of the molecule is CCOP(=O)(OCC)C(/C=C/[Si](C)(C)C)=C/c1ccccc1. The average Bonchev–Trinajstić information content (AvgIpc) is 2.44. The Morgan fingerprint density at radius 2 is 1.64 bits per heavy atom. The van der Waals surface area contributed by atoms with Crippen LogP contribution in [0.2, 0.25) is 19.6 Å². The van der Waals surface area contributed by atoms with Crippen LogP contribution in [-0.2, 0) is 13.6 Å². The molecule has 0 heterocycles. The Labute approximate surface area is 135 Å². The van der Waals surface area contributed by atoms with E-state index in [1.165, 1.54) is 0 Å². The largest absolute Gasteiger partial charge is 0.361 e. The molecule has 1 aromatic rings. The lowest BCUT2D eigenvalue weighted by molar-refractivity contribution is 0.227. The third-order valence-electron chi connectivity index (χ3n) is 2.78. The van der Waals surface area contributed by atoms with Crippen molar-refractivity contribution < 1.29 is 13.6 Å². The standard InChI is InChI=1S/C17H27O3PSi/c1-6-19-21(18,20-7-2)17(13-14-22(3,4)5)15-16-11-9-8-10-12-16/h8-15H,6-7H2,1-5H3/b14-13+,17-15+. The topological polar surface area (TPSA) is 35.5 Å². The van der Waals surface area contributed by atoms with E-state index in [0.29, 0.717) is 18.5 Å². The van der Waals surface area contributed by atoms with E-state index < -0.39 is 15.7 Å². The number of benzene rings is 1. The molecule has 22 heavy (non-hydrogen) atoms. The van der Waals surface area contributed by atoms with Crippen LogP contribution in [0.3, 0.4) is 0 Å². The van der Waals surface area contributed by atoms with Crippen LogP contribution in [0, 0.1) is 0 Å². The molecule has 5 heteroatoms. The first kappa shape index (κ1) is 19.1. The van der Waals surface area contributed by atoms with E-state index in [2.05, 4.69) is 25.3 Å². The van der Waals surface area contributed by atoms with Crippen LogP contribution in [0.5, 0.6) is 0 Å². The summed E-state index contributed by atoms with van der Waals surface area (Å²) >= 11 is 0. The lowest BCUT2D eigenvalue weighted by Crippen LogP contribution is -2.15. The van der Waals surface area contributed by atoms with Crippen LogP contribution in [0.4, 0.5) is 0 Å². The van der Waals surface area contributed by atoms with E-state index in [0.717, 1.165) is 5.56 Å². The Balaban J connectivity index is 3.29. The molecule has 0 spiro atoms. The second-order valence-electron chi connectivity index (χ2n) is 6.01. The molecule has 1 rings (SSSR count). The summed E-state index contributed by atoms with van der Waals surface area (Å²) in [6, 6.07) is 9.82. The summed E-state index contributed by atoms with van der Waals surface area (Å²) in [6.07, 6.45) is 3.81. The van der Waals surface area contributed by atoms with Crippen molar-refractivity contribution in [2.24, 2.45) is 0 Å². The van der Waals surface area contributed by atoms with Gasteiger partial charge in [0.05, 0.1) is 26.6 Å². The molecule has 0 unspecified atom stereocenters. The van der Waals surface area contributed by atoms with Gasteiger partial charge in [0, 0.05) is 0 Å². The van der Waals surface area contributed by atoms with Gasteiger partial charge in [0.25, 0.3) is 0 Å². The Morgan fingerprint density at radius 1 is 1.09 bits per heavy atom. The maximum absolute atomic E-state index is 13.1. The van der Waals surface area contributed by atoms with Crippen LogP contribution in [0.25, 0.3) is 6.08 Å².